The van der Waals surface area contributed by atoms with Gasteiger partial charge < -0.3 is 10.2 Å². The fourth-order valence-corrected chi connectivity index (χ4v) is 3.26. The van der Waals surface area contributed by atoms with Crippen molar-refractivity contribution in [2.24, 2.45) is 0 Å². The molecule has 0 aliphatic carbocycles. The Labute approximate surface area is 153 Å². The Morgan fingerprint density at radius 2 is 1.68 bits per heavy atom. The highest BCUT2D eigenvalue weighted by Crippen LogP contribution is 2.24. The topological polar surface area (TPSA) is 32.3 Å². The van der Waals surface area contributed by atoms with Crippen LogP contribution in [0.1, 0.15) is 37.9 Å². The zero-order chi connectivity index (χ0) is 18.4. The maximum absolute atomic E-state index is 12.9. The third kappa shape index (κ3) is 6.09. The molecule has 3 nitrogen and oxygen atoms in total. The molecule has 0 saturated carbocycles. The van der Waals surface area contributed by atoms with Gasteiger partial charge >= 0.3 is 6.03 Å². The number of benzene rings is 2. The van der Waals surface area contributed by atoms with E-state index >= 15 is 0 Å². The van der Waals surface area contributed by atoms with Crippen molar-refractivity contribution >= 4 is 17.8 Å². The fraction of sp³-hybridized carbons (Fsp3) is 0.350. The van der Waals surface area contributed by atoms with Gasteiger partial charge in [0.25, 0.3) is 0 Å². The van der Waals surface area contributed by atoms with Crippen LogP contribution in [0.2, 0.25) is 0 Å². The number of nitrogens with zero attached hydrogens (tertiary/aromatic N) is 1. The Morgan fingerprint density at radius 1 is 1.08 bits per heavy atom. The van der Waals surface area contributed by atoms with Crippen LogP contribution in [0.4, 0.5) is 9.18 Å². The quantitative estimate of drug-likeness (QED) is 0.716. The Morgan fingerprint density at radius 3 is 2.24 bits per heavy atom. The second-order valence-corrected chi connectivity index (χ2v) is 8.04. The molecule has 0 aliphatic heterocycles. The van der Waals surface area contributed by atoms with Gasteiger partial charge in [0, 0.05) is 23.7 Å². The average Bonchev–Trinajstić information content (AvgIpc) is 2.57. The minimum absolute atomic E-state index is 0.0822. The molecule has 0 spiro atoms. The van der Waals surface area contributed by atoms with E-state index in [0.717, 1.165) is 11.1 Å². The largest absolute Gasteiger partial charge is 0.331 e. The maximum Gasteiger partial charge on any atom is 0.317 e. The number of rotatable bonds is 6. The number of amides is 2. The first-order valence-electron chi connectivity index (χ1n) is 8.38. The summed E-state index contributed by atoms with van der Waals surface area (Å²) in [6.45, 7) is 6.73. The lowest BCUT2D eigenvalue weighted by molar-refractivity contribution is 0.203. The van der Waals surface area contributed by atoms with Gasteiger partial charge in [-0.05, 0) is 42.3 Å². The number of urea groups is 1. The fourth-order valence-electron chi connectivity index (χ4n) is 2.42. The van der Waals surface area contributed by atoms with E-state index in [1.165, 1.54) is 17.0 Å². The van der Waals surface area contributed by atoms with Gasteiger partial charge in [-0.2, -0.15) is 0 Å². The first-order valence-corrected chi connectivity index (χ1v) is 9.26. The van der Waals surface area contributed by atoms with E-state index in [0.29, 0.717) is 11.8 Å². The van der Waals surface area contributed by atoms with E-state index in [1.54, 1.807) is 24.1 Å². The van der Waals surface area contributed by atoms with Gasteiger partial charge in [-0.25, -0.2) is 9.18 Å². The summed E-state index contributed by atoms with van der Waals surface area (Å²) in [7, 11) is 1.73. The van der Waals surface area contributed by atoms with Crippen LogP contribution >= 0.6 is 11.8 Å². The standard InChI is InChI=1S/C20H25FN2OS/c1-14(2)25-19-11-7-17(8-12-19)15(3)22-20(24)23(4)13-16-5-9-18(21)10-6-16/h5-12,14-15H,13H2,1-4H3,(H,22,24). The van der Waals surface area contributed by atoms with Gasteiger partial charge in [0.1, 0.15) is 5.82 Å². The van der Waals surface area contributed by atoms with Gasteiger partial charge in [0.2, 0.25) is 0 Å². The van der Waals surface area contributed by atoms with Gasteiger partial charge in [-0.15, -0.1) is 11.8 Å². The van der Waals surface area contributed by atoms with Gasteiger partial charge in [0.15, 0.2) is 0 Å². The van der Waals surface area contributed by atoms with Crippen molar-refractivity contribution < 1.29 is 9.18 Å². The van der Waals surface area contributed by atoms with E-state index in [9.17, 15) is 9.18 Å². The Kier molecular flexibility index (Phi) is 6.88. The number of thioether (sulfide) groups is 1. The zero-order valence-corrected chi connectivity index (χ0v) is 15.9. The van der Waals surface area contributed by atoms with Crippen molar-refractivity contribution in [3.8, 4) is 0 Å². The molecule has 2 aromatic rings. The van der Waals surface area contributed by atoms with Crippen LogP contribution in [-0.2, 0) is 6.54 Å². The van der Waals surface area contributed by atoms with Crippen molar-refractivity contribution in [3.63, 3.8) is 0 Å². The van der Waals surface area contributed by atoms with Crippen molar-refractivity contribution in [3.05, 3.63) is 65.5 Å². The van der Waals surface area contributed by atoms with E-state index in [4.69, 9.17) is 0 Å². The lowest BCUT2D eigenvalue weighted by Crippen LogP contribution is -2.38. The number of hydrogen-bond donors (Lipinski definition) is 1. The summed E-state index contributed by atoms with van der Waals surface area (Å²) in [4.78, 5) is 15.2. The van der Waals surface area contributed by atoms with Crippen molar-refractivity contribution in [1.82, 2.24) is 10.2 Å². The van der Waals surface area contributed by atoms with E-state index in [2.05, 4.69) is 43.4 Å². The molecule has 1 N–H and O–H groups in total. The molecule has 0 saturated heterocycles. The normalized spacial score (nSPS) is 12.1. The predicted molar refractivity (Wildman–Crippen MR) is 102 cm³/mol. The summed E-state index contributed by atoms with van der Waals surface area (Å²) in [5.41, 5.74) is 1.96. The third-order valence-electron chi connectivity index (χ3n) is 3.77. The Hall–Kier alpha value is -2.01. The molecule has 0 fully saturated rings. The van der Waals surface area contributed by atoms with Gasteiger partial charge in [0.05, 0.1) is 6.04 Å². The molecule has 5 heteroatoms. The van der Waals surface area contributed by atoms with Crippen LogP contribution in [0, 0.1) is 5.82 Å². The number of halogens is 1. The minimum Gasteiger partial charge on any atom is -0.331 e. The first-order chi connectivity index (χ1) is 11.8. The highest BCUT2D eigenvalue weighted by molar-refractivity contribution is 7.99. The molecule has 134 valence electrons. The van der Waals surface area contributed by atoms with E-state index in [-0.39, 0.29) is 17.9 Å². The molecule has 2 amide bonds. The molecule has 0 bridgehead atoms. The lowest BCUT2D eigenvalue weighted by atomic mass is 10.1. The SMILES string of the molecule is CC(C)Sc1ccc(C(C)NC(=O)N(C)Cc2ccc(F)cc2)cc1. The summed E-state index contributed by atoms with van der Waals surface area (Å²) in [6, 6.07) is 14.2. The van der Waals surface area contributed by atoms with Crippen molar-refractivity contribution in [1.29, 1.82) is 0 Å². The maximum atomic E-state index is 12.9. The minimum atomic E-state index is -0.274. The van der Waals surface area contributed by atoms with Crippen molar-refractivity contribution in [2.45, 2.75) is 43.5 Å². The summed E-state index contributed by atoms with van der Waals surface area (Å²) >= 11 is 1.82. The first kappa shape index (κ1) is 19.3. The Bertz CT molecular complexity index is 686. The second-order valence-electron chi connectivity index (χ2n) is 6.39. The van der Waals surface area contributed by atoms with Crippen LogP contribution < -0.4 is 5.32 Å². The van der Waals surface area contributed by atoms with E-state index in [1.807, 2.05) is 18.7 Å². The average molecular weight is 360 g/mol. The van der Waals surface area contributed by atoms with Crippen molar-refractivity contribution in [2.75, 3.05) is 7.05 Å². The zero-order valence-electron chi connectivity index (χ0n) is 15.1. The van der Waals surface area contributed by atoms with Crippen LogP contribution in [0.25, 0.3) is 0 Å². The van der Waals surface area contributed by atoms with Crippen LogP contribution in [0.5, 0.6) is 0 Å². The summed E-state index contributed by atoms with van der Waals surface area (Å²) in [6.07, 6.45) is 0. The molecule has 2 rings (SSSR count). The molecule has 0 radical (unpaired) electrons. The van der Waals surface area contributed by atoms with Crippen LogP contribution in [0.15, 0.2) is 53.4 Å². The molecule has 0 aromatic heterocycles. The molecular formula is C20H25FN2OS. The van der Waals surface area contributed by atoms with E-state index < -0.39 is 0 Å². The molecule has 25 heavy (non-hydrogen) atoms. The molecule has 0 heterocycles. The van der Waals surface area contributed by atoms with Crippen LogP contribution in [0.3, 0.4) is 0 Å². The van der Waals surface area contributed by atoms with Gasteiger partial charge in [-0.1, -0.05) is 38.1 Å². The smallest absolute Gasteiger partial charge is 0.317 e. The predicted octanol–water partition coefficient (Wildman–Crippen LogP) is 5.23. The summed E-state index contributed by atoms with van der Waals surface area (Å²) in [5, 5.41) is 3.54. The summed E-state index contributed by atoms with van der Waals surface area (Å²) < 4.78 is 12.9. The third-order valence-corrected chi connectivity index (χ3v) is 4.79. The number of carbonyl (C=O) groups excluding carboxylic acids is 1. The number of carbonyl (C=O) groups is 1. The second kappa shape index (κ2) is 8.90. The lowest BCUT2D eigenvalue weighted by Gasteiger charge is -2.22. The molecule has 1 unspecified atom stereocenters. The van der Waals surface area contributed by atoms with Gasteiger partial charge in [-0.3, -0.25) is 0 Å². The molecular weight excluding hydrogens is 335 g/mol. The molecule has 1 atom stereocenters. The summed E-state index contributed by atoms with van der Waals surface area (Å²) in [5.74, 6) is -0.274. The highest BCUT2D eigenvalue weighted by atomic mass is 32.2. The Balaban J connectivity index is 1.91. The monoisotopic (exact) mass is 360 g/mol. The van der Waals surface area contributed by atoms with Crippen LogP contribution in [-0.4, -0.2) is 23.2 Å². The molecule has 2 aromatic carbocycles. The number of nitrogens with one attached hydrogen (secondary N) is 1. The highest BCUT2D eigenvalue weighted by Gasteiger charge is 2.14. The molecule has 0 aliphatic rings. The number of hydrogen-bond acceptors (Lipinski definition) is 2.